The molecule has 2 aromatic carbocycles. The Bertz CT molecular complexity index is 1360. The van der Waals surface area contributed by atoms with Gasteiger partial charge in [-0.05, 0) is 0 Å². The van der Waals surface area contributed by atoms with Crippen molar-refractivity contribution >= 4 is 6.48 Å². The molecule has 0 heterocycles. The van der Waals surface area contributed by atoms with Crippen molar-refractivity contribution in [1.29, 1.82) is 0 Å². The van der Waals surface area contributed by atoms with Gasteiger partial charge in [-0.1, -0.05) is 0 Å². The molecule has 1 saturated carbocycles. The molecule has 0 amide bonds. The SMILES string of the molecule is CC1=[C]([Zr+2](=[C]2CCCCC2)[c]2cc(C(C)(C)C)cc3c2Cc2ccc(C(C)(C)C)cc2-3)C(C)C=C1C(C)C.[Cl-].[Cl-]. The molecule has 3 aliphatic rings. The molecule has 0 nitrogen and oxygen atoms in total. The van der Waals surface area contributed by atoms with Gasteiger partial charge in [0.05, 0.1) is 0 Å². The summed E-state index contributed by atoms with van der Waals surface area (Å²) in [4.78, 5) is 0. The van der Waals surface area contributed by atoms with E-state index in [1.54, 1.807) is 27.8 Å². The number of rotatable bonds is 3. The fraction of sp³-hybridized carbons (Fsp3) is 0.541. The first-order chi connectivity index (χ1) is 17.8. The molecule has 0 radical (unpaired) electrons. The Kier molecular flexibility index (Phi) is 10.5. The largest absolute Gasteiger partial charge is 1.00 e. The third kappa shape index (κ3) is 6.29. The van der Waals surface area contributed by atoms with E-state index in [9.17, 15) is 0 Å². The molecular formula is C37H50Cl2Zr. The van der Waals surface area contributed by atoms with Crippen LogP contribution in [0.3, 0.4) is 0 Å². The van der Waals surface area contributed by atoms with Gasteiger partial charge in [0, 0.05) is 0 Å². The van der Waals surface area contributed by atoms with Crippen LogP contribution >= 0.6 is 0 Å². The van der Waals surface area contributed by atoms with Crippen molar-refractivity contribution in [2.75, 3.05) is 0 Å². The first kappa shape index (κ1) is 33.8. The van der Waals surface area contributed by atoms with Gasteiger partial charge < -0.3 is 24.8 Å². The van der Waals surface area contributed by atoms with Crippen molar-refractivity contribution in [2.45, 2.75) is 119 Å². The minimum absolute atomic E-state index is 0. The maximum atomic E-state index is 2.73. The summed E-state index contributed by atoms with van der Waals surface area (Å²) in [6, 6.07) is 12.7. The standard InChI is InChI=1S/C21H25.C10H15.C6H10.2ClH.Zr/c1-20(2,3)16-9-7-14-11-15-8-10-17(21(4,5)6)13-19(15)18(14)12-16;1-7(2)10-6-8(3)5-9(10)4;1-2-4-6-5-3-1;;;/h7,9-10,12-13H,11H2,1-6H3;6-8H,1-4H3;1-5H2;2*1H;/q;;;;;+2/p-2. The van der Waals surface area contributed by atoms with Crippen molar-refractivity contribution in [3.8, 4) is 11.1 Å². The molecule has 3 aliphatic carbocycles. The van der Waals surface area contributed by atoms with Gasteiger partial charge in [0.1, 0.15) is 0 Å². The van der Waals surface area contributed by atoms with Crippen LogP contribution in [-0.4, -0.2) is 3.21 Å². The Labute approximate surface area is 265 Å². The molecule has 0 N–H and O–H groups in total. The number of hydrogen-bond acceptors (Lipinski definition) is 0. The Hall–Kier alpha value is -0.747. The van der Waals surface area contributed by atoms with Gasteiger partial charge >= 0.3 is 242 Å². The summed E-state index contributed by atoms with van der Waals surface area (Å²) < 4.78 is 5.71. The van der Waals surface area contributed by atoms with E-state index in [4.69, 9.17) is 0 Å². The summed E-state index contributed by atoms with van der Waals surface area (Å²) in [5.74, 6) is 1.21. The maximum Gasteiger partial charge on any atom is -1.00 e. The minimum atomic E-state index is -2.31. The van der Waals surface area contributed by atoms with Crippen LogP contribution in [0.2, 0.25) is 0 Å². The molecule has 0 aliphatic heterocycles. The monoisotopic (exact) mass is 654 g/mol. The molecule has 3 heteroatoms. The number of allylic oxidation sites excluding steroid dienone is 4. The van der Waals surface area contributed by atoms with Crippen LogP contribution in [0.25, 0.3) is 11.1 Å². The number of benzene rings is 2. The molecule has 0 saturated heterocycles. The molecule has 216 valence electrons. The molecule has 40 heavy (non-hydrogen) atoms. The van der Waals surface area contributed by atoms with Gasteiger partial charge in [-0.3, -0.25) is 0 Å². The summed E-state index contributed by atoms with van der Waals surface area (Å²) >= 11 is -2.31. The smallest absolute Gasteiger partial charge is 1.00 e. The van der Waals surface area contributed by atoms with E-state index in [1.807, 2.05) is 9.76 Å². The molecule has 2 aromatic rings. The van der Waals surface area contributed by atoms with Crippen LogP contribution < -0.4 is 28.1 Å². The topological polar surface area (TPSA) is 0 Å². The van der Waals surface area contributed by atoms with Crippen LogP contribution in [0, 0.1) is 11.8 Å². The van der Waals surface area contributed by atoms with E-state index in [1.165, 1.54) is 48.8 Å². The van der Waals surface area contributed by atoms with E-state index in [2.05, 4.69) is 106 Å². The summed E-state index contributed by atoms with van der Waals surface area (Å²) in [5.41, 5.74) is 12.9. The van der Waals surface area contributed by atoms with E-state index < -0.39 is 21.3 Å². The molecule has 5 rings (SSSR count). The zero-order valence-electron chi connectivity index (χ0n) is 26.6. The van der Waals surface area contributed by atoms with Crippen LogP contribution in [-0.2, 0) is 38.5 Å². The molecule has 0 bridgehead atoms. The first-order valence-electron chi connectivity index (χ1n) is 15.2. The Morgan fingerprint density at radius 3 is 1.95 bits per heavy atom. The zero-order valence-corrected chi connectivity index (χ0v) is 30.6. The Balaban J connectivity index is 0.00000220. The second-order valence-electron chi connectivity index (χ2n) is 14.7. The van der Waals surface area contributed by atoms with Crippen molar-refractivity contribution in [1.82, 2.24) is 0 Å². The number of halogens is 2. The van der Waals surface area contributed by atoms with E-state index in [0.29, 0.717) is 11.8 Å². The van der Waals surface area contributed by atoms with Gasteiger partial charge in [-0.25, -0.2) is 0 Å². The average Bonchev–Trinajstić information content (AvgIpc) is 3.36. The molecular weight excluding hydrogens is 607 g/mol. The molecule has 0 aromatic heterocycles. The van der Waals surface area contributed by atoms with Crippen LogP contribution in [0.15, 0.2) is 50.8 Å². The van der Waals surface area contributed by atoms with E-state index in [-0.39, 0.29) is 35.6 Å². The summed E-state index contributed by atoms with van der Waals surface area (Å²) in [6.45, 7) is 24.1. The quantitative estimate of drug-likeness (QED) is 0.403. The van der Waals surface area contributed by atoms with Crippen molar-refractivity contribution in [2.24, 2.45) is 11.8 Å². The normalized spacial score (nSPS) is 18.5. The second-order valence-corrected chi connectivity index (χ2v) is 21.0. The Morgan fingerprint density at radius 2 is 1.40 bits per heavy atom. The first-order valence-corrected chi connectivity index (χ1v) is 18.9. The van der Waals surface area contributed by atoms with Crippen molar-refractivity contribution in [3.05, 3.63) is 73.1 Å². The Morgan fingerprint density at radius 1 is 0.800 bits per heavy atom. The fourth-order valence-electron chi connectivity index (χ4n) is 7.17. The van der Waals surface area contributed by atoms with Gasteiger partial charge in [0.2, 0.25) is 0 Å². The van der Waals surface area contributed by atoms with E-state index in [0.717, 1.165) is 6.42 Å². The van der Waals surface area contributed by atoms with Gasteiger partial charge in [0.25, 0.3) is 0 Å². The molecule has 1 atom stereocenters. The molecule has 1 fully saturated rings. The third-order valence-electron chi connectivity index (χ3n) is 9.44. The predicted molar refractivity (Wildman–Crippen MR) is 165 cm³/mol. The van der Waals surface area contributed by atoms with E-state index >= 15 is 0 Å². The number of fused-ring (bicyclic) bond motifs is 3. The average molecular weight is 657 g/mol. The predicted octanol–water partition coefficient (Wildman–Crippen LogP) is 3.75. The number of hydrogen-bond donors (Lipinski definition) is 0. The van der Waals surface area contributed by atoms with Gasteiger partial charge in [-0.15, -0.1) is 0 Å². The minimum Gasteiger partial charge on any atom is -1.00 e. The molecule has 0 spiro atoms. The van der Waals surface area contributed by atoms with Crippen molar-refractivity contribution < 1.29 is 46.1 Å². The second kappa shape index (κ2) is 12.5. The van der Waals surface area contributed by atoms with Crippen molar-refractivity contribution in [3.63, 3.8) is 0 Å². The fourth-order valence-corrected chi connectivity index (χ4v) is 16.5. The zero-order chi connectivity index (χ0) is 27.6. The third-order valence-corrected chi connectivity index (χ3v) is 18.2. The van der Waals surface area contributed by atoms with Crippen LogP contribution in [0.5, 0.6) is 0 Å². The van der Waals surface area contributed by atoms with Crippen LogP contribution in [0.4, 0.5) is 0 Å². The van der Waals surface area contributed by atoms with Gasteiger partial charge in [-0.2, -0.15) is 0 Å². The summed E-state index contributed by atoms with van der Waals surface area (Å²) in [5, 5.41) is 0. The molecule has 1 unspecified atom stereocenters. The summed E-state index contributed by atoms with van der Waals surface area (Å²) in [6.07, 6.45) is 10.7. The maximum absolute atomic E-state index is 2.73. The summed E-state index contributed by atoms with van der Waals surface area (Å²) in [7, 11) is 0. The van der Waals surface area contributed by atoms with Gasteiger partial charge in [0.15, 0.2) is 0 Å². The van der Waals surface area contributed by atoms with Crippen LogP contribution in [0.1, 0.15) is 124 Å².